The molecule has 0 amide bonds. The monoisotopic (exact) mass is 265 g/mol. The molecule has 3 N–H and O–H groups in total. The summed E-state index contributed by atoms with van der Waals surface area (Å²) >= 11 is 0.838. The van der Waals surface area contributed by atoms with Gasteiger partial charge < -0.3 is 10.2 Å². The maximum Gasteiger partial charge on any atom is 0.345 e. The molecular formula is C8H11NO5S2. The molecule has 1 unspecified atom stereocenters. The maximum atomic E-state index is 11.6. The van der Waals surface area contributed by atoms with Crippen LogP contribution in [0.4, 0.5) is 0 Å². The molecule has 16 heavy (non-hydrogen) atoms. The van der Waals surface area contributed by atoms with E-state index in [0.29, 0.717) is 0 Å². The van der Waals surface area contributed by atoms with Gasteiger partial charge in [0.05, 0.1) is 11.0 Å². The summed E-state index contributed by atoms with van der Waals surface area (Å²) in [6.07, 6.45) is -0.799. The van der Waals surface area contributed by atoms with E-state index in [1.54, 1.807) is 0 Å². The van der Waals surface area contributed by atoms with E-state index < -0.39 is 22.1 Å². The van der Waals surface area contributed by atoms with Crippen molar-refractivity contribution in [1.82, 2.24) is 4.72 Å². The second kappa shape index (κ2) is 4.91. The van der Waals surface area contributed by atoms with E-state index in [2.05, 4.69) is 4.72 Å². The molecule has 0 aliphatic carbocycles. The van der Waals surface area contributed by atoms with Crippen molar-refractivity contribution in [3.05, 3.63) is 16.3 Å². The zero-order chi connectivity index (χ0) is 12.3. The van der Waals surface area contributed by atoms with Crippen LogP contribution < -0.4 is 4.72 Å². The van der Waals surface area contributed by atoms with Gasteiger partial charge in [0, 0.05) is 11.9 Å². The fourth-order valence-electron chi connectivity index (χ4n) is 0.886. The highest BCUT2D eigenvalue weighted by Gasteiger charge is 2.18. The van der Waals surface area contributed by atoms with Crippen LogP contribution in [0.1, 0.15) is 16.6 Å². The number of carboxylic acids is 1. The van der Waals surface area contributed by atoms with Gasteiger partial charge in [0.15, 0.2) is 0 Å². The van der Waals surface area contributed by atoms with E-state index in [-0.39, 0.29) is 16.3 Å². The van der Waals surface area contributed by atoms with Gasteiger partial charge in [0.1, 0.15) is 4.88 Å². The number of thiophene rings is 1. The number of hydrogen-bond donors (Lipinski definition) is 3. The smallest absolute Gasteiger partial charge is 0.345 e. The van der Waals surface area contributed by atoms with Gasteiger partial charge in [-0.25, -0.2) is 17.9 Å². The van der Waals surface area contributed by atoms with E-state index >= 15 is 0 Å². The lowest BCUT2D eigenvalue weighted by Crippen LogP contribution is -2.30. The van der Waals surface area contributed by atoms with E-state index in [9.17, 15) is 13.2 Å². The van der Waals surface area contributed by atoms with Crippen molar-refractivity contribution in [2.45, 2.75) is 17.9 Å². The number of carbonyl (C=O) groups is 1. The molecule has 1 rings (SSSR count). The Labute approximate surface area is 96.6 Å². The van der Waals surface area contributed by atoms with Crippen LogP contribution in [0.3, 0.4) is 0 Å². The topological polar surface area (TPSA) is 104 Å². The fourth-order valence-corrected chi connectivity index (χ4v) is 3.12. The summed E-state index contributed by atoms with van der Waals surface area (Å²) in [7, 11) is -3.73. The lowest BCUT2D eigenvalue weighted by Gasteiger charge is -2.06. The Bertz CT molecular complexity index is 476. The molecule has 0 spiro atoms. The van der Waals surface area contributed by atoms with Crippen molar-refractivity contribution in [1.29, 1.82) is 0 Å². The third kappa shape index (κ3) is 3.27. The van der Waals surface area contributed by atoms with Gasteiger partial charge in [-0.1, -0.05) is 0 Å². The molecule has 0 aromatic carbocycles. The Morgan fingerprint density at radius 3 is 2.69 bits per heavy atom. The summed E-state index contributed by atoms with van der Waals surface area (Å²) in [6, 6.07) is 1.08. The molecule has 0 aliphatic heterocycles. The number of aliphatic hydroxyl groups is 1. The summed E-state index contributed by atoms with van der Waals surface area (Å²) < 4.78 is 25.3. The summed E-state index contributed by atoms with van der Waals surface area (Å²) in [6.45, 7) is 1.33. The summed E-state index contributed by atoms with van der Waals surface area (Å²) in [5, 5.41) is 18.8. The third-order valence-corrected chi connectivity index (χ3v) is 4.14. The normalized spacial score (nSPS) is 13.6. The van der Waals surface area contributed by atoms with Gasteiger partial charge in [-0.3, -0.25) is 0 Å². The minimum Gasteiger partial charge on any atom is -0.477 e. The number of nitrogens with one attached hydrogen (secondary N) is 1. The predicted molar refractivity (Wildman–Crippen MR) is 58.1 cm³/mol. The summed E-state index contributed by atoms with van der Waals surface area (Å²) in [5.41, 5.74) is 0. The minimum atomic E-state index is -3.73. The number of rotatable bonds is 5. The molecule has 1 heterocycles. The summed E-state index contributed by atoms with van der Waals surface area (Å²) in [4.78, 5) is 10.4. The lowest BCUT2D eigenvalue weighted by molar-refractivity contribution is 0.0702. The Kier molecular flexibility index (Phi) is 4.03. The molecule has 1 aromatic heterocycles. The first-order valence-electron chi connectivity index (χ1n) is 4.32. The second-order valence-electron chi connectivity index (χ2n) is 3.15. The van der Waals surface area contributed by atoms with Crippen molar-refractivity contribution in [2.75, 3.05) is 6.54 Å². The number of aromatic carboxylic acids is 1. The van der Waals surface area contributed by atoms with Gasteiger partial charge in [-0.2, -0.15) is 0 Å². The SMILES string of the molecule is CC(O)CNS(=O)(=O)c1csc(C(=O)O)c1. The Morgan fingerprint density at radius 2 is 2.25 bits per heavy atom. The van der Waals surface area contributed by atoms with Gasteiger partial charge in [-0.15, -0.1) is 11.3 Å². The van der Waals surface area contributed by atoms with Crippen LogP contribution in [0.5, 0.6) is 0 Å². The van der Waals surface area contributed by atoms with E-state index in [4.69, 9.17) is 10.2 Å². The Balaban J connectivity index is 2.86. The van der Waals surface area contributed by atoms with Crippen LogP contribution in [0.25, 0.3) is 0 Å². The molecule has 0 aliphatic rings. The average Bonchev–Trinajstić information content (AvgIpc) is 2.64. The quantitative estimate of drug-likeness (QED) is 0.700. The second-order valence-corrected chi connectivity index (χ2v) is 5.83. The molecule has 6 nitrogen and oxygen atoms in total. The fraction of sp³-hybridized carbons (Fsp3) is 0.375. The molecule has 0 saturated heterocycles. The van der Waals surface area contributed by atoms with E-state index in [1.807, 2.05) is 0 Å². The van der Waals surface area contributed by atoms with Crippen LogP contribution in [0.15, 0.2) is 16.3 Å². The maximum absolute atomic E-state index is 11.6. The molecule has 1 atom stereocenters. The van der Waals surface area contributed by atoms with Crippen LogP contribution in [0.2, 0.25) is 0 Å². The lowest BCUT2D eigenvalue weighted by atomic mass is 10.4. The Hall–Kier alpha value is -0.960. The van der Waals surface area contributed by atoms with E-state index in [1.165, 1.54) is 12.3 Å². The van der Waals surface area contributed by atoms with Gasteiger partial charge in [0.2, 0.25) is 10.0 Å². The highest BCUT2D eigenvalue weighted by atomic mass is 32.2. The number of sulfonamides is 1. The highest BCUT2D eigenvalue weighted by molar-refractivity contribution is 7.89. The minimum absolute atomic E-state index is 0.0441. The van der Waals surface area contributed by atoms with Crippen molar-refractivity contribution in [3.8, 4) is 0 Å². The van der Waals surface area contributed by atoms with Gasteiger partial charge in [-0.05, 0) is 13.0 Å². The molecule has 1 aromatic rings. The molecule has 90 valence electrons. The van der Waals surface area contributed by atoms with Crippen molar-refractivity contribution < 1.29 is 23.4 Å². The van der Waals surface area contributed by atoms with Crippen molar-refractivity contribution >= 4 is 27.3 Å². The standard InChI is InChI=1S/C8H11NO5S2/c1-5(10)3-9-16(13,14)6-2-7(8(11)12)15-4-6/h2,4-5,9-10H,3H2,1H3,(H,11,12). The van der Waals surface area contributed by atoms with Crippen LogP contribution in [-0.2, 0) is 10.0 Å². The average molecular weight is 265 g/mol. The Morgan fingerprint density at radius 1 is 1.62 bits per heavy atom. The number of carboxylic acid groups (broad SMARTS) is 1. The third-order valence-electron chi connectivity index (χ3n) is 1.67. The largest absolute Gasteiger partial charge is 0.477 e. The zero-order valence-electron chi connectivity index (χ0n) is 8.37. The van der Waals surface area contributed by atoms with Crippen LogP contribution in [-0.4, -0.2) is 37.2 Å². The summed E-state index contributed by atoms with van der Waals surface area (Å²) in [5.74, 6) is -1.16. The van der Waals surface area contributed by atoms with Crippen LogP contribution >= 0.6 is 11.3 Å². The van der Waals surface area contributed by atoms with Crippen molar-refractivity contribution in [3.63, 3.8) is 0 Å². The molecule has 8 heteroatoms. The number of hydrogen-bond acceptors (Lipinski definition) is 5. The first kappa shape index (κ1) is 13.1. The molecule has 0 bridgehead atoms. The zero-order valence-corrected chi connectivity index (χ0v) is 10.0. The van der Waals surface area contributed by atoms with Crippen molar-refractivity contribution in [2.24, 2.45) is 0 Å². The molecule has 0 fully saturated rings. The predicted octanol–water partition coefficient (Wildman–Crippen LogP) is 0.105. The molecular weight excluding hydrogens is 254 g/mol. The number of aliphatic hydroxyl groups excluding tert-OH is 1. The van der Waals surface area contributed by atoms with Gasteiger partial charge >= 0.3 is 5.97 Å². The first-order valence-corrected chi connectivity index (χ1v) is 6.69. The first-order chi connectivity index (χ1) is 7.33. The van der Waals surface area contributed by atoms with E-state index in [0.717, 1.165) is 17.4 Å². The molecule has 0 saturated carbocycles. The van der Waals surface area contributed by atoms with Gasteiger partial charge in [0.25, 0.3) is 0 Å². The highest BCUT2D eigenvalue weighted by Crippen LogP contribution is 2.18. The van der Waals surface area contributed by atoms with Crippen LogP contribution in [0, 0.1) is 0 Å². The molecule has 0 radical (unpaired) electrons.